The quantitative estimate of drug-likeness (QED) is 0.558. The van der Waals surface area contributed by atoms with Crippen LogP contribution in [-0.4, -0.2) is 16.8 Å². The maximum atomic E-state index is 11.2. The van der Waals surface area contributed by atoms with Gasteiger partial charge >= 0.3 is 0 Å². The summed E-state index contributed by atoms with van der Waals surface area (Å²) < 4.78 is 0. The predicted octanol–water partition coefficient (Wildman–Crippen LogP) is 1.67. The second-order valence-corrected chi connectivity index (χ2v) is 4.26. The maximum absolute atomic E-state index is 11.2. The molecule has 0 spiro atoms. The number of hydrogen-bond acceptors (Lipinski definition) is 1. The predicted molar refractivity (Wildman–Crippen MR) is 45.7 cm³/mol. The third kappa shape index (κ3) is 2.37. The van der Waals surface area contributed by atoms with Crippen molar-refractivity contribution in [3.8, 4) is 0 Å². The Balaban J connectivity index is 2.63. The van der Waals surface area contributed by atoms with Gasteiger partial charge in [-0.15, -0.1) is 11.6 Å². The smallest absolute Gasteiger partial charge is 0.238 e. The van der Waals surface area contributed by atoms with Gasteiger partial charge < -0.3 is 5.32 Å². The van der Waals surface area contributed by atoms with Gasteiger partial charge in [-0.2, -0.15) is 0 Å². The first-order valence-electron chi connectivity index (χ1n) is 3.97. The highest BCUT2D eigenvalue weighted by molar-refractivity contribution is 6.30. The molecule has 0 aromatic heterocycles. The molecule has 1 atom stereocenters. The molecule has 0 bridgehead atoms. The number of carbonyl (C=O) groups is 1. The molecule has 1 unspecified atom stereocenters. The zero-order valence-electron chi connectivity index (χ0n) is 6.98. The topological polar surface area (TPSA) is 29.1 Å². The van der Waals surface area contributed by atoms with E-state index in [1.807, 2.05) is 13.8 Å². The fourth-order valence-corrected chi connectivity index (χ4v) is 1.54. The van der Waals surface area contributed by atoms with E-state index in [2.05, 4.69) is 5.32 Å². The standard InChI is InChI=1S/C8H14ClNO/c1-8(2)5-3-4-6(9)7(11)10-8/h6H,3-5H2,1-2H3,(H,10,11). The maximum Gasteiger partial charge on any atom is 0.238 e. The summed E-state index contributed by atoms with van der Waals surface area (Å²) in [6.07, 6.45) is 2.85. The highest BCUT2D eigenvalue weighted by atomic mass is 35.5. The van der Waals surface area contributed by atoms with Gasteiger partial charge in [0.1, 0.15) is 5.38 Å². The Morgan fingerprint density at radius 1 is 1.64 bits per heavy atom. The molecule has 1 heterocycles. The van der Waals surface area contributed by atoms with Crippen molar-refractivity contribution >= 4 is 17.5 Å². The average Bonchev–Trinajstić information content (AvgIpc) is 1.93. The van der Waals surface area contributed by atoms with Gasteiger partial charge in [-0.05, 0) is 33.1 Å². The van der Waals surface area contributed by atoms with E-state index in [4.69, 9.17) is 11.6 Å². The first-order chi connectivity index (χ1) is 5.01. The first kappa shape index (κ1) is 8.85. The molecule has 1 rings (SSSR count). The van der Waals surface area contributed by atoms with Gasteiger partial charge in [-0.25, -0.2) is 0 Å². The summed E-state index contributed by atoms with van der Waals surface area (Å²) in [7, 11) is 0. The number of rotatable bonds is 0. The molecule has 3 heteroatoms. The van der Waals surface area contributed by atoms with Gasteiger partial charge in [0.2, 0.25) is 5.91 Å². The van der Waals surface area contributed by atoms with E-state index in [0.29, 0.717) is 0 Å². The van der Waals surface area contributed by atoms with Crippen LogP contribution in [0, 0.1) is 0 Å². The lowest BCUT2D eigenvalue weighted by Gasteiger charge is -2.23. The molecular formula is C8H14ClNO. The molecule has 2 nitrogen and oxygen atoms in total. The van der Waals surface area contributed by atoms with E-state index in [-0.39, 0.29) is 16.8 Å². The van der Waals surface area contributed by atoms with Gasteiger partial charge in [-0.3, -0.25) is 4.79 Å². The Labute approximate surface area is 72.3 Å². The van der Waals surface area contributed by atoms with Crippen molar-refractivity contribution in [1.29, 1.82) is 0 Å². The molecule has 1 N–H and O–H groups in total. The minimum absolute atomic E-state index is 0.0193. The lowest BCUT2D eigenvalue weighted by atomic mass is 9.99. The van der Waals surface area contributed by atoms with E-state index >= 15 is 0 Å². The van der Waals surface area contributed by atoms with Crippen molar-refractivity contribution in [1.82, 2.24) is 5.32 Å². The molecule has 1 aliphatic heterocycles. The molecule has 0 aliphatic carbocycles. The van der Waals surface area contributed by atoms with Crippen LogP contribution < -0.4 is 5.32 Å². The summed E-state index contributed by atoms with van der Waals surface area (Å²) in [6, 6.07) is 0. The molecular weight excluding hydrogens is 162 g/mol. The Morgan fingerprint density at radius 2 is 2.27 bits per heavy atom. The molecule has 0 saturated carbocycles. The fraction of sp³-hybridized carbons (Fsp3) is 0.875. The van der Waals surface area contributed by atoms with Crippen LogP contribution in [0.2, 0.25) is 0 Å². The Morgan fingerprint density at radius 3 is 2.91 bits per heavy atom. The van der Waals surface area contributed by atoms with Gasteiger partial charge in [0, 0.05) is 5.54 Å². The van der Waals surface area contributed by atoms with Crippen molar-refractivity contribution in [3.05, 3.63) is 0 Å². The van der Waals surface area contributed by atoms with Crippen LogP contribution >= 0.6 is 11.6 Å². The number of carbonyl (C=O) groups excluding carboxylic acids is 1. The molecule has 1 saturated heterocycles. The Bertz CT molecular complexity index is 167. The average molecular weight is 176 g/mol. The van der Waals surface area contributed by atoms with Crippen molar-refractivity contribution in [2.45, 2.75) is 44.0 Å². The van der Waals surface area contributed by atoms with E-state index < -0.39 is 0 Å². The number of halogens is 1. The molecule has 64 valence electrons. The zero-order valence-corrected chi connectivity index (χ0v) is 7.74. The van der Waals surface area contributed by atoms with Crippen LogP contribution in [0.25, 0.3) is 0 Å². The monoisotopic (exact) mass is 175 g/mol. The summed E-state index contributed by atoms with van der Waals surface area (Å²) in [5, 5.41) is 2.57. The number of alkyl halides is 1. The van der Waals surface area contributed by atoms with Gasteiger partial charge in [-0.1, -0.05) is 0 Å². The van der Waals surface area contributed by atoms with Crippen LogP contribution in [0.15, 0.2) is 0 Å². The zero-order chi connectivity index (χ0) is 8.48. The molecule has 11 heavy (non-hydrogen) atoms. The highest BCUT2D eigenvalue weighted by Gasteiger charge is 2.28. The van der Waals surface area contributed by atoms with Crippen LogP contribution in [-0.2, 0) is 4.79 Å². The van der Waals surface area contributed by atoms with Gasteiger partial charge in [0.05, 0.1) is 0 Å². The molecule has 0 aromatic carbocycles. The van der Waals surface area contributed by atoms with E-state index in [9.17, 15) is 4.79 Å². The second kappa shape index (κ2) is 3.02. The fourth-order valence-electron chi connectivity index (χ4n) is 1.33. The minimum Gasteiger partial charge on any atom is -0.350 e. The van der Waals surface area contributed by atoms with Crippen LogP contribution in [0.5, 0.6) is 0 Å². The molecule has 0 aromatic rings. The third-order valence-electron chi connectivity index (χ3n) is 2.01. The van der Waals surface area contributed by atoms with Crippen LogP contribution in [0.4, 0.5) is 0 Å². The summed E-state index contributed by atoms with van der Waals surface area (Å²) in [5.74, 6) is -0.0193. The molecule has 1 aliphatic rings. The SMILES string of the molecule is CC1(C)CCCC(Cl)C(=O)N1. The minimum atomic E-state index is -0.322. The summed E-state index contributed by atoms with van der Waals surface area (Å²) >= 11 is 5.79. The van der Waals surface area contributed by atoms with Crippen molar-refractivity contribution < 1.29 is 4.79 Å². The van der Waals surface area contributed by atoms with E-state index in [1.165, 1.54) is 0 Å². The number of amides is 1. The normalized spacial score (nSPS) is 30.8. The van der Waals surface area contributed by atoms with Crippen molar-refractivity contribution in [2.24, 2.45) is 0 Å². The summed E-state index contributed by atoms with van der Waals surface area (Å²) in [5.41, 5.74) is -0.0687. The largest absolute Gasteiger partial charge is 0.350 e. The van der Waals surface area contributed by atoms with E-state index in [1.54, 1.807) is 0 Å². The Hall–Kier alpha value is -0.240. The van der Waals surface area contributed by atoms with Gasteiger partial charge in [0.25, 0.3) is 0 Å². The van der Waals surface area contributed by atoms with Crippen molar-refractivity contribution in [3.63, 3.8) is 0 Å². The molecule has 1 amide bonds. The number of hydrogen-bond donors (Lipinski definition) is 1. The first-order valence-corrected chi connectivity index (χ1v) is 4.41. The lowest BCUT2D eigenvalue weighted by molar-refractivity contribution is -0.121. The lowest BCUT2D eigenvalue weighted by Crippen LogP contribution is -2.44. The molecule has 1 fully saturated rings. The van der Waals surface area contributed by atoms with Gasteiger partial charge in [0.15, 0.2) is 0 Å². The van der Waals surface area contributed by atoms with Crippen molar-refractivity contribution in [2.75, 3.05) is 0 Å². The highest BCUT2D eigenvalue weighted by Crippen LogP contribution is 2.20. The number of nitrogens with one attached hydrogen (secondary N) is 1. The van der Waals surface area contributed by atoms with Crippen LogP contribution in [0.1, 0.15) is 33.1 Å². The molecule has 0 radical (unpaired) electrons. The van der Waals surface area contributed by atoms with E-state index in [0.717, 1.165) is 19.3 Å². The summed E-state index contributed by atoms with van der Waals surface area (Å²) in [4.78, 5) is 11.2. The third-order valence-corrected chi connectivity index (χ3v) is 2.42. The second-order valence-electron chi connectivity index (χ2n) is 3.73. The summed E-state index contributed by atoms with van der Waals surface area (Å²) in [6.45, 7) is 4.06. The van der Waals surface area contributed by atoms with Crippen LogP contribution in [0.3, 0.4) is 0 Å². The Kier molecular flexibility index (Phi) is 2.43.